The molecule has 0 rings (SSSR count). The highest BCUT2D eigenvalue weighted by atomic mass is 14.2. The molecular weight excluding hydrogens is 62.1 g/mol. The van der Waals surface area contributed by atoms with Crippen LogP contribution in [0.15, 0.2) is 0 Å². The fraction of sp³-hybridized carbons (Fsp3) is 0.750. The van der Waals surface area contributed by atoms with Gasteiger partial charge in [-0.05, 0) is 13.7 Å². The van der Waals surface area contributed by atoms with Crippen molar-refractivity contribution in [2.45, 2.75) is 13.7 Å². The molecule has 5 heavy (non-hydrogen) atoms. The van der Waals surface area contributed by atoms with E-state index in [1.54, 1.807) is 0 Å². The SMILES string of the molecule is [2H]C([2H])C(C#N)C([2H])([2H])[2H]. The minimum Gasteiger partial charge on any atom is -0.198 e. The van der Waals surface area contributed by atoms with E-state index in [0.29, 0.717) is 0 Å². The van der Waals surface area contributed by atoms with Crippen LogP contribution in [-0.4, -0.2) is 0 Å². The van der Waals surface area contributed by atoms with Crippen molar-refractivity contribution in [3.8, 4) is 6.07 Å². The lowest BCUT2D eigenvalue weighted by Gasteiger charge is -1.75. The Morgan fingerprint density at radius 2 is 3.00 bits per heavy atom. The molecule has 1 heteroatoms. The zero-order valence-electron chi connectivity index (χ0n) is 7.60. The van der Waals surface area contributed by atoms with Gasteiger partial charge in [-0.3, -0.25) is 0 Å². The molecule has 0 bridgehead atoms. The molecule has 0 fully saturated rings. The van der Waals surface area contributed by atoms with Crippen molar-refractivity contribution < 1.29 is 6.85 Å². The van der Waals surface area contributed by atoms with E-state index in [0.717, 1.165) is 0 Å². The van der Waals surface area contributed by atoms with Crippen LogP contribution in [0.5, 0.6) is 0 Å². The van der Waals surface area contributed by atoms with Gasteiger partial charge in [-0.2, -0.15) is 5.26 Å². The van der Waals surface area contributed by atoms with Crippen molar-refractivity contribution in [3.05, 3.63) is 0 Å². The van der Waals surface area contributed by atoms with Crippen LogP contribution in [0.25, 0.3) is 0 Å². The zero-order valence-corrected chi connectivity index (χ0v) is 2.60. The minimum atomic E-state index is -2.50. The van der Waals surface area contributed by atoms with Crippen LogP contribution < -0.4 is 0 Å². The molecule has 0 N–H and O–H groups in total. The predicted molar refractivity (Wildman–Crippen MR) is 20.5 cm³/mol. The topological polar surface area (TPSA) is 23.8 Å². The van der Waals surface area contributed by atoms with Crippen molar-refractivity contribution in [1.82, 2.24) is 0 Å². The lowest BCUT2D eigenvalue weighted by molar-refractivity contribution is 0.849. The smallest absolute Gasteiger partial charge is 0.0649 e. The molecule has 0 aromatic carbocycles. The summed E-state index contributed by atoms with van der Waals surface area (Å²) in [5, 5.41) is 8.18. The second kappa shape index (κ2) is 1.78. The van der Waals surface area contributed by atoms with Gasteiger partial charge in [-0.25, -0.2) is 0 Å². The molecule has 0 spiro atoms. The molecule has 1 atom stereocenters. The summed E-state index contributed by atoms with van der Waals surface area (Å²) in [6, 6.07) is 1.40. The molecule has 0 aliphatic rings. The quantitative estimate of drug-likeness (QED) is 0.423. The van der Waals surface area contributed by atoms with Gasteiger partial charge in [0.15, 0.2) is 0 Å². The van der Waals surface area contributed by atoms with Gasteiger partial charge in [0, 0.05) is 12.8 Å². The summed E-state index contributed by atoms with van der Waals surface area (Å²) in [5.41, 5.74) is 0. The van der Waals surface area contributed by atoms with Crippen molar-refractivity contribution >= 4 is 0 Å². The molecule has 0 amide bonds. The maximum atomic E-state index is 8.18. The lowest BCUT2D eigenvalue weighted by Crippen LogP contribution is -1.72. The molecule has 0 radical (unpaired) electrons. The first-order valence-corrected chi connectivity index (χ1v) is 1.13. The highest BCUT2D eigenvalue weighted by molar-refractivity contribution is 4.72. The van der Waals surface area contributed by atoms with E-state index >= 15 is 0 Å². The first kappa shape index (κ1) is 0.759. The standard InChI is InChI=1S/C4H7N/c1-4(2)3-5/h4H,1-2H3/i1D2,2D3. The third kappa shape index (κ3) is 3.49. The first-order valence-electron chi connectivity index (χ1n) is 3.79. The summed E-state index contributed by atoms with van der Waals surface area (Å²) in [7, 11) is 0. The van der Waals surface area contributed by atoms with E-state index < -0.39 is 19.6 Å². The summed E-state index contributed by atoms with van der Waals surface area (Å²) in [5.74, 6) is -1.49. The number of nitriles is 1. The average molecular weight is 74.1 g/mol. The largest absolute Gasteiger partial charge is 0.198 e. The van der Waals surface area contributed by atoms with Crippen molar-refractivity contribution in [1.29, 1.82) is 5.26 Å². The fourth-order valence-electron chi connectivity index (χ4n) is 0. The Morgan fingerprint density at radius 1 is 2.20 bits per heavy atom. The number of rotatable bonds is 0. The summed E-state index contributed by atoms with van der Waals surface area (Å²) >= 11 is 0. The molecule has 0 aromatic rings. The summed E-state index contributed by atoms with van der Waals surface area (Å²) in [4.78, 5) is 0. The Hall–Kier alpha value is -0.510. The van der Waals surface area contributed by atoms with Crippen LogP contribution in [0.1, 0.15) is 20.6 Å². The van der Waals surface area contributed by atoms with Crippen LogP contribution in [-0.2, 0) is 0 Å². The monoisotopic (exact) mass is 74.1 g/mol. The Bertz CT molecular complexity index is 143. The van der Waals surface area contributed by atoms with Gasteiger partial charge < -0.3 is 0 Å². The maximum absolute atomic E-state index is 8.18. The molecule has 28 valence electrons. The average Bonchev–Trinajstić information content (AvgIpc) is 1.60. The molecule has 0 aromatic heterocycles. The molecule has 0 saturated carbocycles. The minimum absolute atomic E-state index is 1.40. The van der Waals surface area contributed by atoms with Crippen LogP contribution >= 0.6 is 0 Å². The molecule has 0 saturated heterocycles. The summed E-state index contributed by atoms with van der Waals surface area (Å²) in [6.07, 6.45) is 0. The Morgan fingerprint density at radius 3 is 3.00 bits per heavy atom. The molecule has 0 heterocycles. The Labute approximate surface area is 39.3 Å². The molecule has 1 unspecified atom stereocenters. The van der Waals surface area contributed by atoms with Gasteiger partial charge in [0.2, 0.25) is 0 Å². The summed E-state index contributed by atoms with van der Waals surface area (Å²) < 4.78 is 33.4. The highest BCUT2D eigenvalue weighted by Crippen LogP contribution is 1.81. The van der Waals surface area contributed by atoms with Gasteiger partial charge in [0.05, 0.1) is 6.07 Å². The van der Waals surface area contributed by atoms with Crippen LogP contribution in [0, 0.1) is 17.2 Å². The fourth-order valence-corrected chi connectivity index (χ4v) is 0. The van der Waals surface area contributed by atoms with E-state index in [2.05, 4.69) is 0 Å². The second-order valence-corrected chi connectivity index (χ2v) is 0.607. The Kier molecular flexibility index (Phi) is 0.270. The van der Waals surface area contributed by atoms with Gasteiger partial charge in [0.1, 0.15) is 0 Å². The molecular formula is C4H7N. The van der Waals surface area contributed by atoms with Crippen molar-refractivity contribution in [2.75, 3.05) is 0 Å². The second-order valence-electron chi connectivity index (χ2n) is 0.607. The van der Waals surface area contributed by atoms with Crippen molar-refractivity contribution in [3.63, 3.8) is 0 Å². The number of nitrogens with zero attached hydrogens (tertiary/aromatic N) is 1. The lowest BCUT2D eigenvalue weighted by atomic mass is 10.3. The van der Waals surface area contributed by atoms with Crippen LogP contribution in [0.4, 0.5) is 0 Å². The van der Waals surface area contributed by atoms with Gasteiger partial charge in [-0.15, -0.1) is 0 Å². The highest BCUT2D eigenvalue weighted by Gasteiger charge is 1.78. The normalized spacial score (nSPS) is 30.8. The van der Waals surface area contributed by atoms with Gasteiger partial charge in [-0.1, -0.05) is 0 Å². The maximum Gasteiger partial charge on any atom is 0.0649 e. The van der Waals surface area contributed by atoms with Gasteiger partial charge >= 0.3 is 0 Å². The van der Waals surface area contributed by atoms with E-state index in [1.165, 1.54) is 6.07 Å². The summed E-state index contributed by atoms with van der Waals surface area (Å²) in [6.45, 7) is -4.10. The Balaban J connectivity index is 4.26. The number of hydrogen-bond donors (Lipinski definition) is 0. The molecule has 1 nitrogen and oxygen atoms in total. The molecule has 0 aliphatic heterocycles. The van der Waals surface area contributed by atoms with Gasteiger partial charge in [0.25, 0.3) is 0 Å². The zero-order chi connectivity index (χ0) is 8.36. The van der Waals surface area contributed by atoms with E-state index in [9.17, 15) is 0 Å². The first-order chi connectivity index (χ1) is 4.39. The van der Waals surface area contributed by atoms with E-state index in [-0.39, 0.29) is 0 Å². The van der Waals surface area contributed by atoms with Crippen LogP contribution in [0.3, 0.4) is 0 Å². The van der Waals surface area contributed by atoms with Crippen LogP contribution in [0.2, 0.25) is 0 Å². The van der Waals surface area contributed by atoms with E-state index in [4.69, 9.17) is 12.1 Å². The molecule has 0 aliphatic carbocycles. The van der Waals surface area contributed by atoms with E-state index in [1.807, 2.05) is 0 Å². The van der Waals surface area contributed by atoms with Crippen molar-refractivity contribution in [2.24, 2.45) is 5.92 Å². The third-order valence-electron chi connectivity index (χ3n) is 0.139. The predicted octanol–water partition coefficient (Wildman–Crippen LogP) is 1.17. The number of hydrogen-bond acceptors (Lipinski definition) is 1. The third-order valence-corrected chi connectivity index (χ3v) is 0.139.